The Labute approximate surface area is 142 Å². The van der Waals surface area contributed by atoms with Gasteiger partial charge in [-0.1, -0.05) is 36.0 Å². The van der Waals surface area contributed by atoms with Crippen molar-refractivity contribution >= 4 is 29.1 Å². The Morgan fingerprint density at radius 1 is 1.05 bits per heavy atom. The third-order valence-electron chi connectivity index (χ3n) is 4.84. The fraction of sp³-hybridized carbons (Fsp3) is 0.588. The van der Waals surface area contributed by atoms with Crippen LogP contribution in [0, 0.1) is 0 Å². The minimum atomic E-state index is -0.0466. The van der Waals surface area contributed by atoms with Crippen LogP contribution >= 0.6 is 23.2 Å². The largest absolute Gasteiger partial charge is 0.348 e. The van der Waals surface area contributed by atoms with E-state index < -0.39 is 0 Å². The highest BCUT2D eigenvalue weighted by Gasteiger charge is 2.32. The first-order valence-corrected chi connectivity index (χ1v) is 8.91. The summed E-state index contributed by atoms with van der Waals surface area (Å²) in [6.07, 6.45) is 7.27. The molecule has 0 radical (unpaired) electrons. The predicted molar refractivity (Wildman–Crippen MR) is 90.8 cm³/mol. The van der Waals surface area contributed by atoms with Gasteiger partial charge in [-0.3, -0.25) is 9.69 Å². The molecule has 1 aliphatic heterocycles. The summed E-state index contributed by atoms with van der Waals surface area (Å²) in [5.41, 5.74) is 0.583. The number of amides is 1. The highest BCUT2D eigenvalue weighted by atomic mass is 35.5. The van der Waals surface area contributed by atoms with E-state index >= 15 is 0 Å². The molecule has 1 aromatic rings. The van der Waals surface area contributed by atoms with Crippen LogP contribution in [-0.4, -0.2) is 36.0 Å². The molecule has 120 valence electrons. The maximum Gasteiger partial charge on any atom is 0.251 e. The molecule has 5 heteroatoms. The Bertz CT molecular complexity index is 543. The van der Waals surface area contributed by atoms with Crippen LogP contribution in [0.1, 0.15) is 48.9 Å². The van der Waals surface area contributed by atoms with Crippen molar-refractivity contribution in [2.75, 3.05) is 13.1 Å². The zero-order chi connectivity index (χ0) is 15.5. The molecule has 0 unspecified atom stereocenters. The molecule has 2 atom stereocenters. The first-order chi connectivity index (χ1) is 10.6. The van der Waals surface area contributed by atoms with Gasteiger partial charge in [0.15, 0.2) is 0 Å². The second kappa shape index (κ2) is 7.20. The standard InChI is InChI=1S/C17H22Cl2N2O/c18-13-8-7-12(11-14(13)19)17(22)20-15-5-1-2-6-16(15)21-9-3-4-10-21/h7-8,11,15-16H,1-6,9-10H2,(H,20,22)/t15-,16+/m0/s1. The van der Waals surface area contributed by atoms with Crippen LogP contribution in [0.3, 0.4) is 0 Å². The summed E-state index contributed by atoms with van der Waals surface area (Å²) in [5, 5.41) is 4.13. The number of nitrogens with zero attached hydrogens (tertiary/aromatic N) is 1. The topological polar surface area (TPSA) is 32.3 Å². The lowest BCUT2D eigenvalue weighted by atomic mass is 9.89. The number of benzene rings is 1. The van der Waals surface area contributed by atoms with Gasteiger partial charge in [-0.25, -0.2) is 0 Å². The summed E-state index contributed by atoms with van der Waals surface area (Å²) >= 11 is 11.9. The summed E-state index contributed by atoms with van der Waals surface area (Å²) in [4.78, 5) is 15.1. The number of rotatable bonds is 3. The fourth-order valence-electron chi connectivity index (χ4n) is 3.68. The third kappa shape index (κ3) is 3.58. The zero-order valence-corrected chi connectivity index (χ0v) is 14.2. The van der Waals surface area contributed by atoms with Crippen LogP contribution in [0.5, 0.6) is 0 Å². The fourth-order valence-corrected chi connectivity index (χ4v) is 3.98. The molecule has 3 rings (SSSR count). The van der Waals surface area contributed by atoms with Crippen molar-refractivity contribution < 1.29 is 4.79 Å². The molecule has 22 heavy (non-hydrogen) atoms. The van der Waals surface area contributed by atoms with E-state index in [-0.39, 0.29) is 11.9 Å². The van der Waals surface area contributed by atoms with Crippen molar-refractivity contribution in [2.24, 2.45) is 0 Å². The molecule has 3 nitrogen and oxygen atoms in total. The number of hydrogen-bond acceptors (Lipinski definition) is 2. The van der Waals surface area contributed by atoms with E-state index in [1.165, 1.54) is 45.2 Å². The van der Waals surface area contributed by atoms with E-state index in [0.29, 0.717) is 21.7 Å². The molecule has 1 saturated carbocycles. The average molecular weight is 341 g/mol. The van der Waals surface area contributed by atoms with Gasteiger partial charge in [0.1, 0.15) is 0 Å². The van der Waals surface area contributed by atoms with Crippen LogP contribution in [0.15, 0.2) is 18.2 Å². The Balaban J connectivity index is 1.69. The summed E-state index contributed by atoms with van der Waals surface area (Å²) in [6, 6.07) is 5.79. The summed E-state index contributed by atoms with van der Waals surface area (Å²) in [5.74, 6) is -0.0466. The number of halogens is 2. The molecule has 1 amide bonds. The second-order valence-corrected chi connectivity index (χ2v) is 7.12. The molecule has 2 fully saturated rings. The maximum absolute atomic E-state index is 12.5. The quantitative estimate of drug-likeness (QED) is 0.897. The summed E-state index contributed by atoms with van der Waals surface area (Å²) in [7, 11) is 0. The highest BCUT2D eigenvalue weighted by molar-refractivity contribution is 6.42. The minimum absolute atomic E-state index is 0.0466. The van der Waals surface area contributed by atoms with Gasteiger partial charge >= 0.3 is 0 Å². The SMILES string of the molecule is O=C(N[C@H]1CCCC[C@H]1N1CCCC1)c1ccc(Cl)c(Cl)c1. The Hall–Kier alpha value is -0.770. The molecule has 0 spiro atoms. The molecule has 1 aliphatic carbocycles. The van der Waals surface area contributed by atoms with E-state index in [9.17, 15) is 4.79 Å². The minimum Gasteiger partial charge on any atom is -0.348 e. The van der Waals surface area contributed by atoms with Crippen molar-refractivity contribution in [3.05, 3.63) is 33.8 Å². The lowest BCUT2D eigenvalue weighted by Crippen LogP contribution is -2.52. The van der Waals surface area contributed by atoms with Crippen LogP contribution in [-0.2, 0) is 0 Å². The molecule has 1 N–H and O–H groups in total. The second-order valence-electron chi connectivity index (χ2n) is 6.30. The lowest BCUT2D eigenvalue weighted by molar-refractivity contribution is 0.0862. The number of carbonyl (C=O) groups is 1. The van der Waals surface area contributed by atoms with Gasteiger partial charge in [0, 0.05) is 17.6 Å². The molecular weight excluding hydrogens is 319 g/mol. The molecular formula is C17H22Cl2N2O. The van der Waals surface area contributed by atoms with Crippen LogP contribution < -0.4 is 5.32 Å². The van der Waals surface area contributed by atoms with Crippen LogP contribution in [0.4, 0.5) is 0 Å². The zero-order valence-electron chi connectivity index (χ0n) is 12.7. The number of likely N-dealkylation sites (tertiary alicyclic amines) is 1. The average Bonchev–Trinajstić information content (AvgIpc) is 3.04. The van der Waals surface area contributed by atoms with Crippen LogP contribution in [0.25, 0.3) is 0 Å². The van der Waals surface area contributed by atoms with Crippen molar-refractivity contribution in [1.29, 1.82) is 0 Å². The first kappa shape index (κ1) is 16.1. The molecule has 0 bridgehead atoms. The monoisotopic (exact) mass is 340 g/mol. The Morgan fingerprint density at radius 3 is 2.50 bits per heavy atom. The molecule has 2 aliphatic rings. The van der Waals surface area contributed by atoms with E-state index in [1.807, 2.05) is 0 Å². The lowest BCUT2D eigenvalue weighted by Gasteiger charge is -2.38. The smallest absolute Gasteiger partial charge is 0.251 e. The van der Waals surface area contributed by atoms with Gasteiger partial charge in [-0.2, -0.15) is 0 Å². The maximum atomic E-state index is 12.5. The van der Waals surface area contributed by atoms with Crippen molar-refractivity contribution in [3.63, 3.8) is 0 Å². The molecule has 1 saturated heterocycles. The normalized spacial score (nSPS) is 26.1. The van der Waals surface area contributed by atoms with Crippen molar-refractivity contribution in [2.45, 2.75) is 50.6 Å². The predicted octanol–water partition coefficient (Wildman–Crippen LogP) is 4.13. The first-order valence-electron chi connectivity index (χ1n) is 8.15. The van der Waals surface area contributed by atoms with E-state index in [4.69, 9.17) is 23.2 Å². The third-order valence-corrected chi connectivity index (χ3v) is 5.58. The number of carbonyl (C=O) groups excluding carboxylic acids is 1. The van der Waals surface area contributed by atoms with Gasteiger partial charge in [-0.15, -0.1) is 0 Å². The van der Waals surface area contributed by atoms with Crippen molar-refractivity contribution in [1.82, 2.24) is 10.2 Å². The molecule has 1 heterocycles. The van der Waals surface area contributed by atoms with Crippen LogP contribution in [0.2, 0.25) is 10.0 Å². The van der Waals surface area contributed by atoms with Gasteiger partial charge in [0.25, 0.3) is 5.91 Å². The summed E-state index contributed by atoms with van der Waals surface area (Å²) in [6.45, 7) is 2.34. The van der Waals surface area contributed by atoms with Gasteiger partial charge in [0.05, 0.1) is 10.0 Å². The van der Waals surface area contributed by atoms with Crippen molar-refractivity contribution in [3.8, 4) is 0 Å². The van der Waals surface area contributed by atoms with Gasteiger partial charge in [0.2, 0.25) is 0 Å². The number of hydrogen-bond donors (Lipinski definition) is 1. The summed E-state index contributed by atoms with van der Waals surface area (Å²) < 4.78 is 0. The number of nitrogens with one attached hydrogen (secondary N) is 1. The molecule has 0 aromatic heterocycles. The Kier molecular flexibility index (Phi) is 5.27. The van der Waals surface area contributed by atoms with Gasteiger partial charge in [-0.05, 0) is 57.0 Å². The Morgan fingerprint density at radius 2 is 1.77 bits per heavy atom. The van der Waals surface area contributed by atoms with E-state index in [1.54, 1.807) is 18.2 Å². The highest BCUT2D eigenvalue weighted by Crippen LogP contribution is 2.27. The molecule has 1 aromatic carbocycles. The van der Waals surface area contributed by atoms with Gasteiger partial charge < -0.3 is 5.32 Å². The van der Waals surface area contributed by atoms with E-state index in [0.717, 1.165) is 6.42 Å². The van der Waals surface area contributed by atoms with E-state index in [2.05, 4.69) is 10.2 Å².